The Morgan fingerprint density at radius 2 is 1.88 bits per heavy atom. The van der Waals surface area contributed by atoms with Gasteiger partial charge in [-0.3, -0.25) is 4.72 Å². The monoisotopic (exact) mass is 400 g/mol. The molecule has 2 aromatic carbocycles. The number of halogens is 2. The van der Waals surface area contributed by atoms with Gasteiger partial charge in [-0.25, -0.2) is 12.8 Å². The van der Waals surface area contributed by atoms with E-state index in [9.17, 15) is 12.8 Å². The lowest BCUT2D eigenvalue weighted by Gasteiger charge is -2.24. The SMILES string of the molecule is Cl.Nc1cc(S(=O)(=O)Nc2ccccc2F)ccc1N1CCCNCC1. The van der Waals surface area contributed by atoms with Crippen LogP contribution in [0.25, 0.3) is 0 Å². The molecule has 9 heteroatoms. The summed E-state index contributed by atoms with van der Waals surface area (Å²) in [6, 6.07) is 10.2. The van der Waals surface area contributed by atoms with Gasteiger partial charge in [0.2, 0.25) is 0 Å². The summed E-state index contributed by atoms with van der Waals surface area (Å²) in [5.41, 5.74) is 7.20. The fourth-order valence-electron chi connectivity index (χ4n) is 2.82. The van der Waals surface area contributed by atoms with Crippen molar-refractivity contribution in [3.63, 3.8) is 0 Å². The Morgan fingerprint density at radius 1 is 1.12 bits per heavy atom. The van der Waals surface area contributed by atoms with Crippen LogP contribution in [0.2, 0.25) is 0 Å². The van der Waals surface area contributed by atoms with Crippen molar-refractivity contribution in [1.82, 2.24) is 5.32 Å². The minimum atomic E-state index is -3.91. The molecule has 3 rings (SSSR count). The number of anilines is 3. The molecule has 1 heterocycles. The summed E-state index contributed by atoms with van der Waals surface area (Å²) >= 11 is 0. The highest BCUT2D eigenvalue weighted by Gasteiger charge is 2.19. The molecule has 0 bridgehead atoms. The van der Waals surface area contributed by atoms with Crippen LogP contribution in [-0.4, -0.2) is 34.6 Å². The van der Waals surface area contributed by atoms with Crippen molar-refractivity contribution in [2.24, 2.45) is 0 Å². The number of hydrogen-bond donors (Lipinski definition) is 3. The van der Waals surface area contributed by atoms with E-state index in [-0.39, 0.29) is 23.0 Å². The summed E-state index contributed by atoms with van der Waals surface area (Å²) in [6.07, 6.45) is 0.994. The minimum absolute atomic E-state index is 0. The minimum Gasteiger partial charge on any atom is -0.397 e. The summed E-state index contributed by atoms with van der Waals surface area (Å²) in [6.45, 7) is 3.48. The molecule has 0 aromatic heterocycles. The van der Waals surface area contributed by atoms with E-state index < -0.39 is 15.8 Å². The third kappa shape index (κ3) is 4.57. The number of para-hydroxylation sites is 1. The Bertz CT molecular complexity index is 856. The number of nitrogens with zero attached hydrogens (tertiary/aromatic N) is 1. The first kappa shape index (κ1) is 20.3. The maximum absolute atomic E-state index is 13.7. The maximum atomic E-state index is 13.7. The van der Waals surface area contributed by atoms with E-state index in [1.54, 1.807) is 12.1 Å². The summed E-state index contributed by atoms with van der Waals surface area (Å²) in [7, 11) is -3.91. The second-order valence-electron chi connectivity index (χ2n) is 5.90. The molecular formula is C17H22ClFN4O2S. The van der Waals surface area contributed by atoms with Gasteiger partial charge in [0.25, 0.3) is 10.0 Å². The second kappa shape index (κ2) is 8.57. The van der Waals surface area contributed by atoms with Crippen molar-refractivity contribution in [2.45, 2.75) is 11.3 Å². The molecule has 0 atom stereocenters. The summed E-state index contributed by atoms with van der Waals surface area (Å²) < 4.78 is 40.9. The standard InChI is InChI=1S/C17H21FN4O2S.ClH/c18-14-4-1-2-5-16(14)21-25(23,24)13-6-7-17(15(19)12-13)22-10-3-8-20-9-11-22;/h1-2,4-7,12,20-21H,3,8-11,19H2;1H. The van der Waals surface area contributed by atoms with Crippen LogP contribution in [0.15, 0.2) is 47.4 Å². The van der Waals surface area contributed by atoms with E-state index in [4.69, 9.17) is 5.73 Å². The summed E-state index contributed by atoms with van der Waals surface area (Å²) in [5, 5.41) is 3.31. The molecule has 0 saturated carbocycles. The summed E-state index contributed by atoms with van der Waals surface area (Å²) in [5.74, 6) is -0.632. The van der Waals surface area contributed by atoms with Gasteiger partial charge in [-0.15, -0.1) is 12.4 Å². The van der Waals surface area contributed by atoms with Gasteiger partial charge in [-0.1, -0.05) is 12.1 Å². The lowest BCUT2D eigenvalue weighted by atomic mass is 10.2. The van der Waals surface area contributed by atoms with Crippen LogP contribution in [0, 0.1) is 5.82 Å². The summed E-state index contributed by atoms with van der Waals surface area (Å²) in [4.78, 5) is 2.14. The molecule has 26 heavy (non-hydrogen) atoms. The number of nitrogens with two attached hydrogens (primary N) is 1. The van der Waals surface area contributed by atoms with E-state index in [1.807, 2.05) is 0 Å². The van der Waals surface area contributed by atoms with Crippen molar-refractivity contribution in [3.05, 3.63) is 48.3 Å². The smallest absolute Gasteiger partial charge is 0.262 e. The topological polar surface area (TPSA) is 87.5 Å². The zero-order valence-electron chi connectivity index (χ0n) is 14.1. The molecule has 142 valence electrons. The van der Waals surface area contributed by atoms with Crippen LogP contribution in [-0.2, 0) is 10.0 Å². The van der Waals surface area contributed by atoms with Crippen molar-refractivity contribution in [1.29, 1.82) is 0 Å². The highest BCUT2D eigenvalue weighted by atomic mass is 35.5. The Hall–Kier alpha value is -2.03. The molecule has 0 unspecified atom stereocenters. The molecule has 6 nitrogen and oxygen atoms in total. The van der Waals surface area contributed by atoms with Gasteiger partial charge < -0.3 is 16.0 Å². The average molecular weight is 401 g/mol. The number of nitrogens with one attached hydrogen (secondary N) is 2. The maximum Gasteiger partial charge on any atom is 0.262 e. The van der Waals surface area contributed by atoms with E-state index in [2.05, 4.69) is 14.9 Å². The molecule has 1 fully saturated rings. The van der Waals surface area contributed by atoms with Crippen LogP contribution in [0.4, 0.5) is 21.5 Å². The Balaban J connectivity index is 0.00000243. The van der Waals surface area contributed by atoms with E-state index in [0.717, 1.165) is 38.3 Å². The van der Waals surface area contributed by atoms with Crippen molar-refractivity contribution in [2.75, 3.05) is 41.5 Å². The second-order valence-corrected chi connectivity index (χ2v) is 7.58. The first-order chi connectivity index (χ1) is 12.0. The lowest BCUT2D eigenvalue weighted by Crippen LogP contribution is -2.28. The number of sulfonamides is 1. The zero-order valence-corrected chi connectivity index (χ0v) is 15.7. The van der Waals surface area contributed by atoms with Gasteiger partial charge in [-0.05, 0) is 43.3 Å². The highest BCUT2D eigenvalue weighted by Crippen LogP contribution is 2.28. The van der Waals surface area contributed by atoms with Gasteiger partial charge in [0, 0.05) is 19.6 Å². The molecule has 1 aliphatic heterocycles. The van der Waals surface area contributed by atoms with Crippen LogP contribution in [0.1, 0.15) is 6.42 Å². The molecular weight excluding hydrogens is 379 g/mol. The Kier molecular flexibility index (Phi) is 6.69. The molecule has 0 radical (unpaired) electrons. The van der Waals surface area contributed by atoms with Crippen LogP contribution in [0.5, 0.6) is 0 Å². The quantitative estimate of drug-likeness (QED) is 0.686. The third-order valence-electron chi connectivity index (χ3n) is 4.11. The van der Waals surface area contributed by atoms with E-state index in [0.29, 0.717) is 5.69 Å². The van der Waals surface area contributed by atoms with Gasteiger partial charge in [0.1, 0.15) is 5.82 Å². The average Bonchev–Trinajstić information content (AvgIpc) is 2.86. The number of rotatable bonds is 4. The van der Waals surface area contributed by atoms with Gasteiger partial charge in [0.15, 0.2) is 0 Å². The number of benzene rings is 2. The first-order valence-electron chi connectivity index (χ1n) is 8.10. The fourth-order valence-corrected chi connectivity index (χ4v) is 3.92. The van der Waals surface area contributed by atoms with Crippen LogP contribution < -0.4 is 20.7 Å². The lowest BCUT2D eigenvalue weighted by molar-refractivity contribution is 0.598. The molecule has 0 spiro atoms. The predicted octanol–water partition coefficient (Wildman–Crippen LogP) is 2.43. The Labute approximate surface area is 159 Å². The highest BCUT2D eigenvalue weighted by molar-refractivity contribution is 7.92. The zero-order chi connectivity index (χ0) is 17.9. The van der Waals surface area contributed by atoms with Crippen LogP contribution >= 0.6 is 12.4 Å². The Morgan fingerprint density at radius 3 is 2.62 bits per heavy atom. The van der Waals surface area contributed by atoms with E-state index >= 15 is 0 Å². The number of nitrogen functional groups attached to an aromatic ring is 1. The van der Waals surface area contributed by atoms with Gasteiger partial charge >= 0.3 is 0 Å². The molecule has 1 aliphatic rings. The molecule has 1 saturated heterocycles. The predicted molar refractivity (Wildman–Crippen MR) is 105 cm³/mol. The molecule has 0 amide bonds. The number of hydrogen-bond acceptors (Lipinski definition) is 5. The molecule has 0 aliphatic carbocycles. The largest absolute Gasteiger partial charge is 0.397 e. The normalized spacial score (nSPS) is 15.0. The third-order valence-corrected chi connectivity index (χ3v) is 5.47. The van der Waals surface area contributed by atoms with Gasteiger partial charge in [-0.2, -0.15) is 0 Å². The fraction of sp³-hybridized carbons (Fsp3) is 0.294. The van der Waals surface area contributed by atoms with Crippen molar-refractivity contribution >= 4 is 39.5 Å². The molecule has 4 N–H and O–H groups in total. The van der Waals surface area contributed by atoms with Crippen molar-refractivity contribution < 1.29 is 12.8 Å². The van der Waals surface area contributed by atoms with Gasteiger partial charge in [0.05, 0.1) is 22.0 Å². The van der Waals surface area contributed by atoms with E-state index in [1.165, 1.54) is 30.3 Å². The first-order valence-corrected chi connectivity index (χ1v) is 9.58. The van der Waals surface area contributed by atoms with Crippen LogP contribution in [0.3, 0.4) is 0 Å². The molecule has 2 aromatic rings. The van der Waals surface area contributed by atoms with Crippen molar-refractivity contribution in [3.8, 4) is 0 Å².